The van der Waals surface area contributed by atoms with E-state index in [0.717, 1.165) is 25.0 Å². The number of amides is 1. The molecule has 0 fully saturated rings. The molecule has 0 atom stereocenters. The van der Waals surface area contributed by atoms with Crippen LogP contribution in [0.3, 0.4) is 0 Å². The maximum atomic E-state index is 11.8. The van der Waals surface area contributed by atoms with E-state index in [-0.39, 0.29) is 5.91 Å². The van der Waals surface area contributed by atoms with E-state index in [1.54, 1.807) is 12.1 Å². The maximum Gasteiger partial charge on any atom is 0.251 e. The SMILES string of the molecule is CCCOc1cccc(C(=O)NCCCCN)c1. The van der Waals surface area contributed by atoms with Crippen molar-refractivity contribution in [2.75, 3.05) is 19.7 Å². The van der Waals surface area contributed by atoms with Crippen molar-refractivity contribution in [3.05, 3.63) is 29.8 Å². The fraction of sp³-hybridized carbons (Fsp3) is 0.500. The molecular formula is C14H22N2O2. The van der Waals surface area contributed by atoms with Gasteiger partial charge in [0.05, 0.1) is 6.61 Å². The lowest BCUT2D eigenvalue weighted by Gasteiger charge is -2.07. The molecule has 1 aromatic rings. The molecule has 0 spiro atoms. The fourth-order valence-corrected chi connectivity index (χ4v) is 1.52. The first-order valence-corrected chi connectivity index (χ1v) is 6.49. The highest BCUT2D eigenvalue weighted by Crippen LogP contribution is 2.13. The summed E-state index contributed by atoms with van der Waals surface area (Å²) in [6.07, 6.45) is 2.80. The normalized spacial score (nSPS) is 10.1. The van der Waals surface area contributed by atoms with Crippen LogP contribution in [0.1, 0.15) is 36.5 Å². The summed E-state index contributed by atoms with van der Waals surface area (Å²) in [5, 5.41) is 2.87. The lowest BCUT2D eigenvalue weighted by molar-refractivity contribution is 0.0952. The minimum absolute atomic E-state index is 0.0611. The highest BCUT2D eigenvalue weighted by molar-refractivity contribution is 5.94. The van der Waals surface area contributed by atoms with Crippen molar-refractivity contribution < 1.29 is 9.53 Å². The maximum absolute atomic E-state index is 11.8. The molecule has 0 saturated carbocycles. The Hall–Kier alpha value is -1.55. The van der Waals surface area contributed by atoms with Gasteiger partial charge < -0.3 is 15.8 Å². The van der Waals surface area contributed by atoms with Crippen molar-refractivity contribution >= 4 is 5.91 Å². The number of unbranched alkanes of at least 4 members (excludes halogenated alkanes) is 1. The van der Waals surface area contributed by atoms with Crippen molar-refractivity contribution in [3.8, 4) is 5.75 Å². The molecule has 1 aromatic carbocycles. The van der Waals surface area contributed by atoms with Crippen molar-refractivity contribution in [1.29, 1.82) is 0 Å². The monoisotopic (exact) mass is 250 g/mol. The van der Waals surface area contributed by atoms with Gasteiger partial charge in [0.15, 0.2) is 0 Å². The number of ether oxygens (including phenoxy) is 1. The summed E-state index contributed by atoms with van der Waals surface area (Å²) < 4.78 is 5.49. The van der Waals surface area contributed by atoms with Crippen LogP contribution in [0.25, 0.3) is 0 Å². The average Bonchev–Trinajstić information content (AvgIpc) is 2.41. The minimum atomic E-state index is -0.0611. The lowest BCUT2D eigenvalue weighted by Crippen LogP contribution is -2.24. The number of carbonyl (C=O) groups excluding carboxylic acids is 1. The molecule has 0 radical (unpaired) electrons. The van der Waals surface area contributed by atoms with Crippen molar-refractivity contribution in [1.82, 2.24) is 5.32 Å². The molecule has 0 saturated heterocycles. The van der Waals surface area contributed by atoms with E-state index in [9.17, 15) is 4.79 Å². The molecule has 0 aliphatic rings. The number of hydrogen-bond donors (Lipinski definition) is 2. The summed E-state index contributed by atoms with van der Waals surface area (Å²) in [7, 11) is 0. The van der Waals surface area contributed by atoms with Gasteiger partial charge in [0.2, 0.25) is 0 Å². The van der Waals surface area contributed by atoms with Gasteiger partial charge in [0.1, 0.15) is 5.75 Å². The van der Waals surface area contributed by atoms with Crippen molar-refractivity contribution in [2.45, 2.75) is 26.2 Å². The molecule has 0 aliphatic carbocycles. The Morgan fingerprint density at radius 2 is 2.22 bits per heavy atom. The lowest BCUT2D eigenvalue weighted by atomic mass is 10.2. The third kappa shape index (κ3) is 5.19. The summed E-state index contributed by atoms with van der Waals surface area (Å²) in [5.41, 5.74) is 6.03. The van der Waals surface area contributed by atoms with Gasteiger partial charge in [-0.2, -0.15) is 0 Å². The Morgan fingerprint density at radius 3 is 2.94 bits per heavy atom. The number of nitrogens with two attached hydrogens (primary N) is 1. The topological polar surface area (TPSA) is 64.3 Å². The Labute approximate surface area is 109 Å². The number of rotatable bonds is 8. The molecule has 4 nitrogen and oxygen atoms in total. The second-order valence-electron chi connectivity index (χ2n) is 4.13. The summed E-state index contributed by atoms with van der Waals surface area (Å²) in [6, 6.07) is 7.26. The van der Waals surface area contributed by atoms with Crippen LogP contribution in [0, 0.1) is 0 Å². The standard InChI is InChI=1S/C14H22N2O2/c1-2-10-18-13-7-5-6-12(11-13)14(17)16-9-4-3-8-15/h5-7,11H,2-4,8-10,15H2,1H3,(H,16,17). The molecule has 0 unspecified atom stereocenters. The largest absolute Gasteiger partial charge is 0.494 e. The van der Waals surface area contributed by atoms with E-state index in [4.69, 9.17) is 10.5 Å². The number of benzene rings is 1. The molecule has 1 rings (SSSR count). The van der Waals surface area contributed by atoms with E-state index in [1.807, 2.05) is 19.1 Å². The zero-order valence-electron chi connectivity index (χ0n) is 10.9. The van der Waals surface area contributed by atoms with Crippen LogP contribution in [-0.2, 0) is 0 Å². The van der Waals surface area contributed by atoms with Crippen LogP contribution < -0.4 is 15.8 Å². The van der Waals surface area contributed by atoms with Crippen molar-refractivity contribution in [2.24, 2.45) is 5.73 Å². The van der Waals surface area contributed by atoms with E-state index in [1.165, 1.54) is 0 Å². The summed E-state index contributed by atoms with van der Waals surface area (Å²) >= 11 is 0. The summed E-state index contributed by atoms with van der Waals surface area (Å²) in [5.74, 6) is 0.681. The Bertz CT molecular complexity index is 367. The van der Waals surface area contributed by atoms with Gasteiger partial charge in [-0.05, 0) is 44.0 Å². The highest BCUT2D eigenvalue weighted by Gasteiger charge is 2.05. The Morgan fingerprint density at radius 1 is 1.39 bits per heavy atom. The quantitative estimate of drug-likeness (QED) is 0.693. The molecule has 4 heteroatoms. The molecule has 3 N–H and O–H groups in total. The second kappa shape index (κ2) is 8.53. The molecule has 0 bridgehead atoms. The van der Waals surface area contributed by atoms with Gasteiger partial charge in [0.25, 0.3) is 5.91 Å². The van der Waals surface area contributed by atoms with Gasteiger partial charge in [-0.25, -0.2) is 0 Å². The highest BCUT2D eigenvalue weighted by atomic mass is 16.5. The number of nitrogens with one attached hydrogen (secondary N) is 1. The molecule has 0 aromatic heterocycles. The van der Waals surface area contributed by atoms with E-state index in [2.05, 4.69) is 5.32 Å². The van der Waals surface area contributed by atoms with Gasteiger partial charge in [-0.1, -0.05) is 13.0 Å². The Kier molecular flexibility index (Phi) is 6.87. The third-order valence-corrected chi connectivity index (χ3v) is 2.49. The van der Waals surface area contributed by atoms with E-state index < -0.39 is 0 Å². The van der Waals surface area contributed by atoms with Gasteiger partial charge >= 0.3 is 0 Å². The van der Waals surface area contributed by atoms with Crippen LogP contribution in [-0.4, -0.2) is 25.6 Å². The number of hydrogen-bond acceptors (Lipinski definition) is 3. The summed E-state index contributed by atoms with van der Waals surface area (Å²) in [4.78, 5) is 11.8. The van der Waals surface area contributed by atoms with E-state index >= 15 is 0 Å². The third-order valence-electron chi connectivity index (χ3n) is 2.49. The fourth-order valence-electron chi connectivity index (χ4n) is 1.52. The average molecular weight is 250 g/mol. The van der Waals surface area contributed by atoms with Gasteiger partial charge in [0, 0.05) is 12.1 Å². The zero-order valence-corrected chi connectivity index (χ0v) is 10.9. The van der Waals surface area contributed by atoms with Crippen LogP contribution in [0.2, 0.25) is 0 Å². The van der Waals surface area contributed by atoms with Crippen molar-refractivity contribution in [3.63, 3.8) is 0 Å². The first-order valence-electron chi connectivity index (χ1n) is 6.49. The van der Waals surface area contributed by atoms with Gasteiger partial charge in [-0.15, -0.1) is 0 Å². The first kappa shape index (κ1) is 14.5. The predicted octanol–water partition coefficient (Wildman–Crippen LogP) is 1.94. The zero-order chi connectivity index (χ0) is 13.2. The second-order valence-corrected chi connectivity index (χ2v) is 4.13. The van der Waals surface area contributed by atoms with Crippen LogP contribution in [0.4, 0.5) is 0 Å². The number of carbonyl (C=O) groups is 1. The summed E-state index contributed by atoms with van der Waals surface area (Å²) in [6.45, 7) is 4.04. The molecule has 18 heavy (non-hydrogen) atoms. The van der Waals surface area contributed by atoms with Gasteiger partial charge in [-0.3, -0.25) is 4.79 Å². The van der Waals surface area contributed by atoms with Crippen LogP contribution >= 0.6 is 0 Å². The minimum Gasteiger partial charge on any atom is -0.494 e. The Balaban J connectivity index is 2.46. The molecule has 0 heterocycles. The van der Waals surface area contributed by atoms with Crippen LogP contribution in [0.5, 0.6) is 5.75 Å². The first-order chi connectivity index (χ1) is 8.77. The smallest absolute Gasteiger partial charge is 0.251 e. The predicted molar refractivity (Wildman–Crippen MR) is 72.8 cm³/mol. The molecule has 1 amide bonds. The van der Waals surface area contributed by atoms with E-state index in [0.29, 0.717) is 25.3 Å². The molecule has 100 valence electrons. The molecule has 0 aliphatic heterocycles. The van der Waals surface area contributed by atoms with Crippen LogP contribution in [0.15, 0.2) is 24.3 Å². The molecular weight excluding hydrogens is 228 g/mol.